The van der Waals surface area contributed by atoms with Gasteiger partial charge in [-0.15, -0.1) is 0 Å². The number of nitrogens with zero attached hydrogens (tertiary/aromatic N) is 1. The van der Waals surface area contributed by atoms with Gasteiger partial charge in [-0.05, 0) is 27.7 Å². The second-order valence-electron chi connectivity index (χ2n) is 6.14. The Labute approximate surface area is 125 Å². The van der Waals surface area contributed by atoms with E-state index in [1.165, 1.54) is 0 Å². The smallest absolute Gasteiger partial charge is 0.410 e. The van der Waals surface area contributed by atoms with Crippen molar-refractivity contribution < 1.29 is 23.8 Å². The lowest BCUT2D eigenvalue weighted by atomic mass is 10.00. The van der Waals surface area contributed by atoms with Crippen molar-refractivity contribution in [2.45, 2.75) is 52.2 Å². The molecule has 1 unspecified atom stereocenters. The Morgan fingerprint density at radius 2 is 2.10 bits per heavy atom. The summed E-state index contributed by atoms with van der Waals surface area (Å²) in [5, 5.41) is 0. The average molecular weight is 297 g/mol. The van der Waals surface area contributed by atoms with E-state index in [0.717, 1.165) is 0 Å². The summed E-state index contributed by atoms with van der Waals surface area (Å²) in [5.74, 6) is 0.230. The monoisotopic (exact) mass is 297 g/mol. The van der Waals surface area contributed by atoms with Crippen LogP contribution in [-0.4, -0.2) is 48.4 Å². The van der Waals surface area contributed by atoms with Crippen molar-refractivity contribution in [3.63, 3.8) is 0 Å². The third kappa shape index (κ3) is 3.49. The van der Waals surface area contributed by atoms with Crippen LogP contribution in [0.4, 0.5) is 4.79 Å². The van der Waals surface area contributed by atoms with E-state index in [2.05, 4.69) is 0 Å². The second kappa shape index (κ2) is 5.95. The summed E-state index contributed by atoms with van der Waals surface area (Å²) in [6.45, 7) is 8.55. The summed E-state index contributed by atoms with van der Waals surface area (Å²) in [6.07, 6.45) is 0.750. The Morgan fingerprint density at radius 3 is 2.71 bits per heavy atom. The van der Waals surface area contributed by atoms with Crippen LogP contribution >= 0.6 is 0 Å². The topological polar surface area (TPSA) is 65.1 Å². The van der Waals surface area contributed by atoms with Gasteiger partial charge in [-0.25, -0.2) is 9.59 Å². The van der Waals surface area contributed by atoms with Crippen LogP contribution in [0.25, 0.3) is 0 Å². The number of hydrogen-bond acceptors (Lipinski definition) is 5. The number of fused-ring (bicyclic) bond motifs is 1. The molecule has 6 heteroatoms. The SMILES string of the molecule is CCOC(=O)C1=C2OCCC2N(C(=O)OC(C)(C)C)CC1. The summed E-state index contributed by atoms with van der Waals surface area (Å²) >= 11 is 0. The van der Waals surface area contributed by atoms with Gasteiger partial charge in [0.2, 0.25) is 0 Å². The Morgan fingerprint density at radius 1 is 1.38 bits per heavy atom. The molecule has 2 aliphatic heterocycles. The summed E-state index contributed by atoms with van der Waals surface area (Å²) in [5.41, 5.74) is 0.0149. The van der Waals surface area contributed by atoms with E-state index in [1.54, 1.807) is 11.8 Å². The van der Waals surface area contributed by atoms with Crippen molar-refractivity contribution in [2.75, 3.05) is 19.8 Å². The predicted molar refractivity (Wildman–Crippen MR) is 75.6 cm³/mol. The maximum absolute atomic E-state index is 12.3. The van der Waals surface area contributed by atoms with E-state index >= 15 is 0 Å². The lowest BCUT2D eigenvalue weighted by Crippen LogP contribution is -2.46. The molecule has 0 aliphatic carbocycles. The fourth-order valence-corrected chi connectivity index (χ4v) is 2.56. The molecule has 1 atom stereocenters. The largest absolute Gasteiger partial charge is 0.495 e. The maximum Gasteiger partial charge on any atom is 0.410 e. The summed E-state index contributed by atoms with van der Waals surface area (Å²) in [6, 6.07) is -0.215. The first-order valence-electron chi connectivity index (χ1n) is 7.36. The molecular formula is C15H23NO5. The van der Waals surface area contributed by atoms with Crippen LogP contribution in [-0.2, 0) is 19.0 Å². The number of rotatable bonds is 2. The van der Waals surface area contributed by atoms with Gasteiger partial charge >= 0.3 is 12.1 Å². The number of carbonyl (C=O) groups excluding carboxylic acids is 2. The molecule has 2 rings (SSSR count). The van der Waals surface area contributed by atoms with Crippen LogP contribution in [0.1, 0.15) is 40.5 Å². The number of esters is 1. The van der Waals surface area contributed by atoms with Crippen LogP contribution in [0.3, 0.4) is 0 Å². The molecule has 0 N–H and O–H groups in total. The molecule has 2 aliphatic rings. The Kier molecular flexibility index (Phi) is 4.44. The summed E-state index contributed by atoms with van der Waals surface area (Å²) in [7, 11) is 0. The van der Waals surface area contributed by atoms with Crippen LogP contribution in [0, 0.1) is 0 Å². The average Bonchev–Trinajstić information content (AvgIpc) is 2.84. The molecule has 1 saturated heterocycles. The number of ether oxygens (including phenoxy) is 3. The van der Waals surface area contributed by atoms with E-state index in [-0.39, 0.29) is 18.1 Å². The van der Waals surface area contributed by atoms with Gasteiger partial charge in [0.15, 0.2) is 0 Å². The van der Waals surface area contributed by atoms with Crippen LogP contribution < -0.4 is 0 Å². The molecule has 118 valence electrons. The van der Waals surface area contributed by atoms with Gasteiger partial charge < -0.3 is 14.2 Å². The lowest BCUT2D eigenvalue weighted by Gasteiger charge is -2.34. The van der Waals surface area contributed by atoms with Crippen molar-refractivity contribution in [3.8, 4) is 0 Å². The highest BCUT2D eigenvalue weighted by molar-refractivity contribution is 5.90. The van der Waals surface area contributed by atoms with Gasteiger partial charge in [-0.1, -0.05) is 0 Å². The standard InChI is InChI=1S/C15H23NO5/c1-5-19-13(17)10-6-8-16(11-7-9-20-12(10)11)14(18)21-15(2,3)4/h11H,5-9H2,1-4H3. The molecular weight excluding hydrogens is 274 g/mol. The number of amides is 1. The van der Waals surface area contributed by atoms with E-state index < -0.39 is 5.60 Å². The normalized spacial score (nSPS) is 21.7. The van der Waals surface area contributed by atoms with E-state index in [4.69, 9.17) is 14.2 Å². The first-order valence-corrected chi connectivity index (χ1v) is 7.36. The van der Waals surface area contributed by atoms with Crippen molar-refractivity contribution in [3.05, 3.63) is 11.3 Å². The zero-order chi connectivity index (χ0) is 15.6. The molecule has 0 spiro atoms. The summed E-state index contributed by atoms with van der Waals surface area (Å²) < 4.78 is 16.1. The van der Waals surface area contributed by atoms with Gasteiger partial charge in [-0.2, -0.15) is 0 Å². The fraction of sp³-hybridized carbons (Fsp3) is 0.733. The quantitative estimate of drug-likeness (QED) is 0.731. The second-order valence-corrected chi connectivity index (χ2v) is 6.14. The Bertz CT molecular complexity index is 463. The number of carbonyl (C=O) groups is 2. The lowest BCUT2D eigenvalue weighted by molar-refractivity contribution is -0.139. The molecule has 0 aromatic rings. The van der Waals surface area contributed by atoms with Crippen molar-refractivity contribution >= 4 is 12.1 Å². The van der Waals surface area contributed by atoms with Gasteiger partial charge in [-0.3, -0.25) is 4.90 Å². The van der Waals surface area contributed by atoms with Gasteiger partial charge in [0.05, 0.1) is 24.8 Å². The zero-order valence-electron chi connectivity index (χ0n) is 13.1. The minimum atomic E-state index is -0.540. The zero-order valence-corrected chi connectivity index (χ0v) is 13.1. The molecule has 0 bridgehead atoms. The van der Waals surface area contributed by atoms with Crippen LogP contribution in [0.2, 0.25) is 0 Å². The van der Waals surface area contributed by atoms with E-state index in [0.29, 0.717) is 43.9 Å². The van der Waals surface area contributed by atoms with E-state index in [9.17, 15) is 9.59 Å². The molecule has 0 aromatic heterocycles. The van der Waals surface area contributed by atoms with Crippen LogP contribution in [0.15, 0.2) is 11.3 Å². The molecule has 21 heavy (non-hydrogen) atoms. The minimum absolute atomic E-state index is 0.215. The van der Waals surface area contributed by atoms with Crippen LogP contribution in [0.5, 0.6) is 0 Å². The highest BCUT2D eigenvalue weighted by Crippen LogP contribution is 2.33. The van der Waals surface area contributed by atoms with Gasteiger partial charge in [0, 0.05) is 19.4 Å². The summed E-state index contributed by atoms with van der Waals surface area (Å²) in [4.78, 5) is 25.9. The third-order valence-electron chi connectivity index (χ3n) is 3.38. The van der Waals surface area contributed by atoms with Crippen molar-refractivity contribution in [1.29, 1.82) is 0 Å². The Balaban J connectivity index is 2.17. The molecule has 1 amide bonds. The fourth-order valence-electron chi connectivity index (χ4n) is 2.56. The number of hydrogen-bond donors (Lipinski definition) is 0. The van der Waals surface area contributed by atoms with Gasteiger partial charge in [0.25, 0.3) is 0 Å². The minimum Gasteiger partial charge on any atom is -0.495 e. The van der Waals surface area contributed by atoms with Gasteiger partial charge in [0.1, 0.15) is 11.4 Å². The predicted octanol–water partition coefficient (Wildman–Crippen LogP) is 2.23. The molecule has 0 aromatic carbocycles. The highest BCUT2D eigenvalue weighted by Gasteiger charge is 2.41. The molecule has 2 heterocycles. The molecule has 0 saturated carbocycles. The van der Waals surface area contributed by atoms with Crippen molar-refractivity contribution in [1.82, 2.24) is 4.90 Å². The molecule has 6 nitrogen and oxygen atoms in total. The first kappa shape index (κ1) is 15.7. The Hall–Kier alpha value is -1.72. The van der Waals surface area contributed by atoms with E-state index in [1.807, 2.05) is 20.8 Å². The molecule has 1 fully saturated rings. The highest BCUT2D eigenvalue weighted by atomic mass is 16.6. The first-order chi connectivity index (χ1) is 9.83. The maximum atomic E-state index is 12.3. The third-order valence-corrected chi connectivity index (χ3v) is 3.38. The van der Waals surface area contributed by atoms with Crippen molar-refractivity contribution in [2.24, 2.45) is 0 Å². The molecule has 0 radical (unpaired) electrons.